The number of hydrogen-bond donors (Lipinski definition) is 8. The topological polar surface area (TPSA) is 293 Å². The predicted molar refractivity (Wildman–Crippen MR) is 96.7 cm³/mol. The van der Waals surface area contributed by atoms with E-state index in [9.17, 15) is 38.4 Å². The van der Waals surface area contributed by atoms with Gasteiger partial charge in [0.25, 0.3) is 5.56 Å². The monoisotopic (exact) mass is 524 g/mol. The van der Waals surface area contributed by atoms with Crippen molar-refractivity contribution in [1.82, 2.24) is 19.5 Å². The van der Waals surface area contributed by atoms with E-state index in [-0.39, 0.29) is 11.2 Å². The van der Waals surface area contributed by atoms with E-state index in [0.29, 0.717) is 0 Å². The van der Waals surface area contributed by atoms with Gasteiger partial charge in [-0.2, -0.15) is 8.62 Å². The summed E-state index contributed by atoms with van der Waals surface area (Å²) in [4.78, 5) is 66.7. The van der Waals surface area contributed by atoms with Crippen LogP contribution < -0.4 is 11.2 Å². The van der Waals surface area contributed by atoms with Gasteiger partial charge in [-0.3, -0.25) is 23.9 Å². The summed E-state index contributed by atoms with van der Waals surface area (Å²) in [6.07, 6.45) is -5.54. The Kier molecular flexibility index (Phi) is 6.78. The number of aliphatic hydroxyl groups is 2. The molecule has 0 spiro atoms. The van der Waals surface area contributed by atoms with E-state index in [0.717, 1.165) is 10.9 Å². The summed E-state index contributed by atoms with van der Waals surface area (Å²) in [6.45, 7) is -1.04. The summed E-state index contributed by atoms with van der Waals surface area (Å²) in [7, 11) is -16.8. The molecular weight excluding hydrogens is 509 g/mol. The van der Waals surface area contributed by atoms with Crippen LogP contribution in [0.1, 0.15) is 6.23 Å². The van der Waals surface area contributed by atoms with E-state index in [1.165, 1.54) is 0 Å². The van der Waals surface area contributed by atoms with Crippen LogP contribution in [0.25, 0.3) is 11.2 Å². The van der Waals surface area contributed by atoms with Crippen LogP contribution in [0, 0.1) is 0 Å². The maximum atomic E-state index is 11.8. The smallest absolute Gasteiger partial charge is 0.387 e. The molecule has 0 amide bonds. The Bertz CT molecular complexity index is 1260. The molecule has 3 heterocycles. The standard InChI is InChI=1S/C10H15N4O15P3/c15-5-3(1-26-31(22,23)29-32(24,25)28-30(19,20)21)27-9(6(5)16)14-2-11-4-7(14)12-10(18)13-8(4)17/h2-3,5-6,9,15-16H,1H2,(H,22,23)(H,24,25)(H2,19,20,21)(H2,12,13,17,18). The second-order valence-corrected chi connectivity index (χ2v) is 10.6. The van der Waals surface area contributed by atoms with E-state index >= 15 is 0 Å². The third kappa shape index (κ3) is 5.67. The molecule has 1 aliphatic rings. The van der Waals surface area contributed by atoms with Crippen molar-refractivity contribution in [2.45, 2.75) is 24.5 Å². The molecule has 32 heavy (non-hydrogen) atoms. The lowest BCUT2D eigenvalue weighted by atomic mass is 10.1. The first-order valence-electron chi connectivity index (χ1n) is 8.08. The minimum absolute atomic E-state index is 0.177. The minimum Gasteiger partial charge on any atom is -0.387 e. The van der Waals surface area contributed by atoms with E-state index in [4.69, 9.17) is 19.4 Å². The third-order valence-electron chi connectivity index (χ3n) is 3.90. The van der Waals surface area contributed by atoms with Crippen LogP contribution in [0.2, 0.25) is 0 Å². The number of nitrogens with zero attached hydrogens (tertiary/aromatic N) is 2. The number of aliphatic hydroxyl groups excluding tert-OH is 2. The van der Waals surface area contributed by atoms with Crippen LogP contribution in [0.3, 0.4) is 0 Å². The highest BCUT2D eigenvalue weighted by Crippen LogP contribution is 2.66. The predicted octanol–water partition coefficient (Wildman–Crippen LogP) is -2.62. The number of phosphoric ester groups is 1. The average Bonchev–Trinajstić information content (AvgIpc) is 3.12. The number of H-pyrrole nitrogens is 2. The highest BCUT2D eigenvalue weighted by atomic mass is 31.3. The summed E-state index contributed by atoms with van der Waals surface area (Å²) < 4.78 is 51.4. The number of fused-ring (bicyclic) bond motifs is 1. The SMILES string of the molecule is O=c1[nH]c(=O)c2ncn(C3OC(COP(=O)(O)OP(=O)(O)OP(=O)(O)O)C(O)C3O)c2[nH]1. The number of ether oxygens (including phenoxy) is 1. The zero-order valence-electron chi connectivity index (χ0n) is 15.2. The largest absolute Gasteiger partial charge is 0.490 e. The lowest BCUT2D eigenvalue weighted by Gasteiger charge is -2.19. The zero-order valence-corrected chi connectivity index (χ0v) is 17.9. The van der Waals surface area contributed by atoms with Crippen molar-refractivity contribution < 1.29 is 61.4 Å². The molecule has 8 N–H and O–H groups in total. The van der Waals surface area contributed by atoms with Crippen LogP contribution in [-0.4, -0.2) is 74.2 Å². The summed E-state index contributed by atoms with van der Waals surface area (Å²) in [5, 5.41) is 20.3. The van der Waals surface area contributed by atoms with Gasteiger partial charge in [0.05, 0.1) is 12.9 Å². The minimum atomic E-state index is -5.75. The van der Waals surface area contributed by atoms with Crippen LogP contribution in [0.15, 0.2) is 15.9 Å². The Balaban J connectivity index is 1.73. The molecule has 6 atom stereocenters. The second-order valence-electron chi connectivity index (χ2n) is 6.19. The third-order valence-corrected chi connectivity index (χ3v) is 7.70. The zero-order chi connectivity index (χ0) is 24.1. The number of aromatic amines is 2. The quantitative estimate of drug-likeness (QED) is 0.164. The van der Waals surface area contributed by atoms with Gasteiger partial charge in [0.2, 0.25) is 0 Å². The fourth-order valence-electron chi connectivity index (χ4n) is 2.71. The average molecular weight is 524 g/mol. The molecule has 2 aromatic rings. The highest BCUT2D eigenvalue weighted by Gasteiger charge is 2.46. The summed E-state index contributed by atoms with van der Waals surface area (Å²) in [6, 6.07) is 0. The number of phosphoric acid groups is 3. The normalized spacial score (nSPS) is 27.9. The maximum absolute atomic E-state index is 11.8. The summed E-state index contributed by atoms with van der Waals surface area (Å²) >= 11 is 0. The van der Waals surface area contributed by atoms with Crippen molar-refractivity contribution >= 4 is 34.6 Å². The van der Waals surface area contributed by atoms with Gasteiger partial charge < -0.3 is 34.5 Å². The molecule has 19 nitrogen and oxygen atoms in total. The molecule has 3 rings (SSSR count). The van der Waals surface area contributed by atoms with E-state index < -0.39 is 65.9 Å². The van der Waals surface area contributed by atoms with Crippen molar-refractivity contribution in [3.05, 3.63) is 27.2 Å². The Morgan fingerprint density at radius 3 is 2.31 bits per heavy atom. The van der Waals surface area contributed by atoms with E-state index in [1.54, 1.807) is 0 Å². The van der Waals surface area contributed by atoms with Gasteiger partial charge >= 0.3 is 29.2 Å². The fourth-order valence-corrected chi connectivity index (χ4v) is 5.74. The first kappa shape index (κ1) is 25.1. The summed E-state index contributed by atoms with van der Waals surface area (Å²) in [5.74, 6) is 0. The molecule has 1 aliphatic heterocycles. The van der Waals surface area contributed by atoms with Crippen LogP contribution in [-0.2, 0) is 31.6 Å². The Morgan fingerprint density at radius 1 is 1.03 bits per heavy atom. The van der Waals surface area contributed by atoms with Crippen molar-refractivity contribution in [3.8, 4) is 0 Å². The van der Waals surface area contributed by atoms with Crippen LogP contribution in [0.4, 0.5) is 0 Å². The number of imidazole rings is 1. The molecular formula is C10H15N4O15P3. The second kappa shape index (κ2) is 8.66. The van der Waals surface area contributed by atoms with Gasteiger partial charge in [-0.25, -0.2) is 23.5 Å². The number of aromatic nitrogens is 4. The Labute approximate surface area is 174 Å². The molecule has 0 aliphatic carbocycles. The van der Waals surface area contributed by atoms with Gasteiger partial charge in [-0.1, -0.05) is 0 Å². The van der Waals surface area contributed by atoms with Gasteiger partial charge in [-0.05, 0) is 0 Å². The fraction of sp³-hybridized carbons (Fsp3) is 0.500. The van der Waals surface area contributed by atoms with Crippen molar-refractivity contribution in [2.24, 2.45) is 0 Å². The van der Waals surface area contributed by atoms with Crippen molar-refractivity contribution in [1.29, 1.82) is 0 Å². The molecule has 6 unspecified atom stereocenters. The van der Waals surface area contributed by atoms with Gasteiger partial charge in [0.1, 0.15) is 24.0 Å². The number of rotatable bonds is 8. The molecule has 180 valence electrons. The lowest BCUT2D eigenvalue weighted by molar-refractivity contribution is -0.0503. The molecule has 2 aromatic heterocycles. The first-order chi connectivity index (χ1) is 14.6. The maximum Gasteiger partial charge on any atom is 0.490 e. The van der Waals surface area contributed by atoms with Crippen molar-refractivity contribution in [2.75, 3.05) is 6.61 Å². The molecule has 0 radical (unpaired) electrons. The summed E-state index contributed by atoms with van der Waals surface area (Å²) in [5.41, 5.74) is -2.16. The Morgan fingerprint density at radius 2 is 1.69 bits per heavy atom. The molecule has 0 aromatic carbocycles. The highest BCUT2D eigenvalue weighted by molar-refractivity contribution is 7.66. The molecule has 22 heteroatoms. The molecule has 0 bridgehead atoms. The van der Waals surface area contributed by atoms with Crippen LogP contribution in [0.5, 0.6) is 0 Å². The van der Waals surface area contributed by atoms with Crippen LogP contribution >= 0.6 is 23.5 Å². The van der Waals surface area contributed by atoms with Gasteiger partial charge in [-0.15, -0.1) is 0 Å². The van der Waals surface area contributed by atoms with E-state index in [2.05, 4.69) is 23.1 Å². The molecule has 0 saturated carbocycles. The first-order valence-corrected chi connectivity index (χ1v) is 12.6. The number of nitrogens with one attached hydrogen (secondary N) is 2. The Hall–Kier alpha value is -1.56. The van der Waals surface area contributed by atoms with Gasteiger partial charge in [0, 0.05) is 0 Å². The van der Waals surface area contributed by atoms with Crippen molar-refractivity contribution in [3.63, 3.8) is 0 Å². The van der Waals surface area contributed by atoms with E-state index in [1.807, 2.05) is 4.98 Å². The lowest BCUT2D eigenvalue weighted by Crippen LogP contribution is -2.33. The van der Waals surface area contributed by atoms with Gasteiger partial charge in [0.15, 0.2) is 11.7 Å². The molecule has 1 fully saturated rings. The number of hydrogen-bond acceptors (Lipinski definition) is 12. The molecule has 1 saturated heterocycles.